The van der Waals surface area contributed by atoms with Crippen LogP contribution in [0.25, 0.3) is 21.6 Å². The Morgan fingerprint density at radius 1 is 1.15 bits per heavy atom. The minimum absolute atomic E-state index is 0.297. The van der Waals surface area contributed by atoms with Crippen LogP contribution in [-0.4, -0.2) is 9.97 Å². The number of halogens is 2. The van der Waals surface area contributed by atoms with Crippen LogP contribution < -0.4 is 11.3 Å². The number of nitrogens with two attached hydrogens (primary N) is 1. The largest absolute Gasteiger partial charge is 0.308 e. The van der Waals surface area contributed by atoms with E-state index in [1.165, 1.54) is 17.4 Å². The highest BCUT2D eigenvalue weighted by molar-refractivity contribution is 7.18. The summed E-state index contributed by atoms with van der Waals surface area (Å²) in [6.07, 6.45) is 0. The fourth-order valence-corrected chi connectivity index (χ4v) is 2.80. The van der Waals surface area contributed by atoms with Gasteiger partial charge in [0.25, 0.3) is 0 Å². The normalized spacial score (nSPS) is 11.0. The summed E-state index contributed by atoms with van der Waals surface area (Å²) in [6.45, 7) is 1.95. The maximum atomic E-state index is 13.3. The number of thiophene rings is 1. The van der Waals surface area contributed by atoms with Crippen LogP contribution in [0.4, 0.5) is 14.6 Å². The monoisotopic (exact) mass is 292 g/mol. The fraction of sp³-hybridized carbons (Fsp3) is 0.0769. The van der Waals surface area contributed by atoms with E-state index >= 15 is 0 Å². The first-order valence-electron chi connectivity index (χ1n) is 5.78. The smallest absolute Gasteiger partial charge is 0.163 e. The molecule has 3 N–H and O–H groups in total. The van der Waals surface area contributed by atoms with E-state index in [4.69, 9.17) is 5.84 Å². The third-order valence-electron chi connectivity index (χ3n) is 2.83. The van der Waals surface area contributed by atoms with E-state index in [9.17, 15) is 8.78 Å². The highest BCUT2D eigenvalue weighted by Crippen LogP contribution is 2.30. The van der Waals surface area contributed by atoms with E-state index in [0.717, 1.165) is 27.2 Å². The summed E-state index contributed by atoms with van der Waals surface area (Å²) in [5, 5.41) is 0.807. The molecule has 0 unspecified atom stereocenters. The van der Waals surface area contributed by atoms with Crippen molar-refractivity contribution in [3.63, 3.8) is 0 Å². The van der Waals surface area contributed by atoms with Crippen molar-refractivity contribution in [2.24, 2.45) is 5.84 Å². The third kappa shape index (κ3) is 2.10. The Hall–Kier alpha value is -2.12. The van der Waals surface area contributed by atoms with Crippen molar-refractivity contribution in [1.29, 1.82) is 0 Å². The minimum atomic E-state index is -0.934. The molecule has 2 aromatic heterocycles. The van der Waals surface area contributed by atoms with Gasteiger partial charge in [-0.3, -0.25) is 0 Å². The SMILES string of the molecule is Cc1cc2c(NN)nc(-c3ccc(F)c(F)c3)nc2s1. The number of rotatable bonds is 2. The van der Waals surface area contributed by atoms with Crippen molar-refractivity contribution in [3.8, 4) is 11.4 Å². The molecule has 0 radical (unpaired) electrons. The molecule has 7 heteroatoms. The number of aryl methyl sites for hydroxylation is 1. The highest BCUT2D eigenvalue weighted by atomic mass is 32.1. The number of anilines is 1. The lowest BCUT2D eigenvalue weighted by atomic mass is 10.2. The number of nitrogens with one attached hydrogen (secondary N) is 1. The van der Waals surface area contributed by atoms with Crippen molar-refractivity contribution in [1.82, 2.24) is 9.97 Å². The van der Waals surface area contributed by atoms with Crippen molar-refractivity contribution in [2.45, 2.75) is 6.92 Å². The Morgan fingerprint density at radius 2 is 1.95 bits per heavy atom. The predicted octanol–water partition coefficient (Wildman–Crippen LogP) is 3.23. The van der Waals surface area contributed by atoms with Crippen molar-refractivity contribution in [2.75, 3.05) is 5.43 Å². The van der Waals surface area contributed by atoms with E-state index < -0.39 is 11.6 Å². The van der Waals surface area contributed by atoms with Gasteiger partial charge < -0.3 is 5.43 Å². The summed E-state index contributed by atoms with van der Waals surface area (Å²) in [4.78, 5) is 10.4. The molecular weight excluding hydrogens is 282 g/mol. The van der Waals surface area contributed by atoms with Crippen LogP contribution in [0.5, 0.6) is 0 Å². The molecule has 0 saturated heterocycles. The number of fused-ring (bicyclic) bond motifs is 1. The van der Waals surface area contributed by atoms with Gasteiger partial charge in [-0.05, 0) is 31.2 Å². The van der Waals surface area contributed by atoms with Crippen LogP contribution in [0.2, 0.25) is 0 Å². The lowest BCUT2D eigenvalue weighted by Gasteiger charge is -2.05. The van der Waals surface area contributed by atoms with Gasteiger partial charge in [0.2, 0.25) is 0 Å². The minimum Gasteiger partial charge on any atom is -0.308 e. The number of nitrogen functional groups attached to an aromatic ring is 1. The Balaban J connectivity index is 2.22. The molecule has 0 aliphatic rings. The van der Waals surface area contributed by atoms with Crippen LogP contribution in [0.15, 0.2) is 24.3 Å². The van der Waals surface area contributed by atoms with E-state index in [1.54, 1.807) is 0 Å². The van der Waals surface area contributed by atoms with Crippen LogP contribution >= 0.6 is 11.3 Å². The summed E-state index contributed by atoms with van der Waals surface area (Å²) in [6, 6.07) is 5.47. The number of aromatic nitrogens is 2. The zero-order chi connectivity index (χ0) is 14.3. The first-order valence-corrected chi connectivity index (χ1v) is 6.60. The van der Waals surface area contributed by atoms with Crippen molar-refractivity contribution >= 4 is 27.4 Å². The molecular formula is C13H10F2N4S. The average molecular weight is 292 g/mol. The van der Waals surface area contributed by atoms with Crippen LogP contribution in [-0.2, 0) is 0 Å². The summed E-state index contributed by atoms with van der Waals surface area (Å²) >= 11 is 1.48. The van der Waals surface area contributed by atoms with Gasteiger partial charge in [0.05, 0.1) is 5.39 Å². The highest BCUT2D eigenvalue weighted by Gasteiger charge is 2.12. The number of hydrogen-bond donors (Lipinski definition) is 2. The Kier molecular flexibility index (Phi) is 3.07. The number of hydrogen-bond acceptors (Lipinski definition) is 5. The third-order valence-corrected chi connectivity index (χ3v) is 3.77. The summed E-state index contributed by atoms with van der Waals surface area (Å²) in [5.74, 6) is 4.37. The maximum Gasteiger partial charge on any atom is 0.163 e. The maximum absolute atomic E-state index is 13.3. The van der Waals surface area contributed by atoms with E-state index in [-0.39, 0.29) is 0 Å². The van der Waals surface area contributed by atoms with Gasteiger partial charge in [-0.25, -0.2) is 24.6 Å². The van der Waals surface area contributed by atoms with E-state index in [1.807, 2.05) is 13.0 Å². The zero-order valence-corrected chi connectivity index (χ0v) is 11.3. The second-order valence-electron chi connectivity index (χ2n) is 4.24. The summed E-state index contributed by atoms with van der Waals surface area (Å²) in [7, 11) is 0. The van der Waals surface area contributed by atoms with Crippen molar-refractivity contribution in [3.05, 3.63) is 40.8 Å². The molecule has 4 nitrogen and oxygen atoms in total. The molecule has 0 saturated carbocycles. The molecule has 0 bridgehead atoms. The fourth-order valence-electron chi connectivity index (χ4n) is 1.92. The molecule has 0 amide bonds. The van der Waals surface area contributed by atoms with Gasteiger partial charge >= 0.3 is 0 Å². The molecule has 3 rings (SSSR count). The number of hydrazine groups is 1. The molecule has 20 heavy (non-hydrogen) atoms. The summed E-state index contributed by atoms with van der Waals surface area (Å²) in [5.41, 5.74) is 2.90. The average Bonchev–Trinajstić information content (AvgIpc) is 2.80. The predicted molar refractivity (Wildman–Crippen MR) is 75.3 cm³/mol. The quantitative estimate of drug-likeness (QED) is 0.562. The molecule has 102 valence electrons. The van der Waals surface area contributed by atoms with Gasteiger partial charge in [0.15, 0.2) is 23.3 Å². The molecule has 3 aromatic rings. The topological polar surface area (TPSA) is 63.8 Å². The second kappa shape index (κ2) is 4.77. The van der Waals surface area contributed by atoms with E-state index in [0.29, 0.717) is 17.2 Å². The van der Waals surface area contributed by atoms with Crippen LogP contribution in [0, 0.1) is 18.6 Å². The molecule has 0 aliphatic heterocycles. The van der Waals surface area contributed by atoms with Gasteiger partial charge in [0, 0.05) is 10.4 Å². The Labute approximate surface area is 117 Å². The first-order chi connectivity index (χ1) is 9.58. The molecule has 0 spiro atoms. The molecule has 0 atom stereocenters. The molecule has 1 aromatic carbocycles. The molecule has 0 aliphatic carbocycles. The van der Waals surface area contributed by atoms with Gasteiger partial charge in [-0.1, -0.05) is 0 Å². The molecule has 0 fully saturated rings. The Morgan fingerprint density at radius 3 is 2.65 bits per heavy atom. The number of benzene rings is 1. The lowest BCUT2D eigenvalue weighted by molar-refractivity contribution is 0.509. The van der Waals surface area contributed by atoms with Gasteiger partial charge in [-0.2, -0.15) is 0 Å². The lowest BCUT2D eigenvalue weighted by Crippen LogP contribution is -2.09. The Bertz CT molecular complexity index is 800. The van der Waals surface area contributed by atoms with Crippen LogP contribution in [0.1, 0.15) is 4.88 Å². The van der Waals surface area contributed by atoms with Crippen molar-refractivity contribution < 1.29 is 8.78 Å². The summed E-state index contributed by atoms with van der Waals surface area (Å²) < 4.78 is 26.3. The van der Waals surface area contributed by atoms with Gasteiger partial charge in [0.1, 0.15) is 4.83 Å². The first kappa shape index (κ1) is 12.9. The molecule has 2 heterocycles. The number of nitrogens with zero attached hydrogens (tertiary/aromatic N) is 2. The second-order valence-corrected chi connectivity index (χ2v) is 5.48. The zero-order valence-electron chi connectivity index (χ0n) is 10.4. The van der Waals surface area contributed by atoms with E-state index in [2.05, 4.69) is 15.4 Å². The standard InChI is InChI=1S/C13H10F2N4S/c1-6-4-8-12(19-16)17-11(18-13(8)20-6)7-2-3-9(14)10(15)5-7/h2-5H,16H2,1H3,(H,17,18,19). The van der Waals surface area contributed by atoms with Gasteiger partial charge in [-0.15, -0.1) is 11.3 Å². The van der Waals surface area contributed by atoms with Crippen LogP contribution in [0.3, 0.4) is 0 Å².